The third kappa shape index (κ3) is 3.56. The third-order valence-electron chi connectivity index (χ3n) is 7.43. The number of carbonyl (C=O) groups is 1. The smallest absolute Gasteiger partial charge is 0.244 e. The maximum Gasteiger partial charge on any atom is 0.244 e. The van der Waals surface area contributed by atoms with Crippen LogP contribution in [0.1, 0.15) is 55.6 Å². The number of hydrogen-bond acceptors (Lipinski definition) is 3. The van der Waals surface area contributed by atoms with Gasteiger partial charge in [-0.2, -0.15) is 0 Å². The monoisotopic (exact) mass is 477 g/mol. The first kappa shape index (κ1) is 23.7. The maximum atomic E-state index is 14.2. The van der Waals surface area contributed by atoms with Crippen molar-refractivity contribution in [1.82, 2.24) is 0 Å². The highest BCUT2D eigenvalue weighted by Gasteiger charge is 2.51. The van der Waals surface area contributed by atoms with Crippen LogP contribution >= 0.6 is 0 Å². The van der Waals surface area contributed by atoms with Gasteiger partial charge in [0.25, 0.3) is 0 Å². The number of aryl methyl sites for hydroxylation is 5. The average Bonchev–Trinajstić information content (AvgIpc) is 3.13. The zero-order valence-corrected chi connectivity index (χ0v) is 21.4. The molecule has 4 heteroatoms. The fourth-order valence-electron chi connectivity index (χ4n) is 5.67. The van der Waals surface area contributed by atoms with Crippen molar-refractivity contribution in [2.75, 3.05) is 5.32 Å². The van der Waals surface area contributed by atoms with Crippen molar-refractivity contribution in [2.45, 2.75) is 46.5 Å². The zero-order valence-electron chi connectivity index (χ0n) is 21.4. The van der Waals surface area contributed by atoms with Crippen molar-refractivity contribution >= 4 is 11.6 Å². The number of hydrogen-bond donors (Lipinski definition) is 3. The molecule has 5 rings (SSSR count). The van der Waals surface area contributed by atoms with Gasteiger partial charge in [0.2, 0.25) is 5.91 Å². The first-order chi connectivity index (χ1) is 17.1. The molecule has 0 unspecified atom stereocenters. The number of amides is 1. The van der Waals surface area contributed by atoms with E-state index in [9.17, 15) is 15.0 Å². The molecule has 1 amide bonds. The second-order valence-corrected chi connectivity index (χ2v) is 10.1. The summed E-state index contributed by atoms with van der Waals surface area (Å²) in [6, 6.07) is 22.1. The Labute approximate surface area is 212 Å². The van der Waals surface area contributed by atoms with E-state index < -0.39 is 5.41 Å². The van der Waals surface area contributed by atoms with E-state index in [1.165, 1.54) is 5.56 Å². The zero-order chi connectivity index (χ0) is 25.8. The molecule has 1 heterocycles. The number of benzene rings is 4. The van der Waals surface area contributed by atoms with E-state index in [1.54, 1.807) is 0 Å². The summed E-state index contributed by atoms with van der Waals surface area (Å²) in [5, 5.41) is 24.3. The number of carbonyl (C=O) groups excluding carboxylic acids is 1. The quantitative estimate of drug-likeness (QED) is 0.313. The Morgan fingerprint density at radius 2 is 1.22 bits per heavy atom. The van der Waals surface area contributed by atoms with E-state index >= 15 is 0 Å². The van der Waals surface area contributed by atoms with Crippen LogP contribution in [-0.2, 0) is 16.6 Å². The molecule has 0 bridgehead atoms. The predicted octanol–water partition coefficient (Wildman–Crippen LogP) is 6.52. The van der Waals surface area contributed by atoms with Crippen LogP contribution in [0.5, 0.6) is 11.5 Å². The van der Waals surface area contributed by atoms with E-state index in [2.05, 4.69) is 36.5 Å². The van der Waals surface area contributed by atoms with Gasteiger partial charge in [0.15, 0.2) is 0 Å². The SMILES string of the molecule is Cc1cc(Cc2ccccc2)c2c(c1)C(c1cc(C)c(O)c(C)c1)(c1cc(C)c(O)c(C)c1)C(=O)N2. The standard InChI is InChI=1S/C32H31NO3/c1-18-11-24(17-23-9-7-6-8-10-23)28-27(12-18)32(31(36)33-28,25-13-19(2)29(34)20(3)14-25)26-15-21(4)30(35)22(5)16-26/h6-16,34-35H,17H2,1-5H3,(H,33,36). The van der Waals surface area contributed by atoms with Gasteiger partial charge in [0, 0.05) is 11.3 Å². The molecule has 3 N–H and O–H groups in total. The molecule has 4 aromatic carbocycles. The Kier molecular flexibility index (Phi) is 5.63. The minimum absolute atomic E-state index is 0.133. The molecule has 0 aliphatic carbocycles. The predicted molar refractivity (Wildman–Crippen MR) is 144 cm³/mol. The topological polar surface area (TPSA) is 69.6 Å². The van der Waals surface area contributed by atoms with Crippen LogP contribution in [-0.4, -0.2) is 16.1 Å². The molecule has 0 spiro atoms. The van der Waals surface area contributed by atoms with Crippen molar-refractivity contribution in [1.29, 1.82) is 0 Å². The molecular weight excluding hydrogens is 446 g/mol. The lowest BCUT2D eigenvalue weighted by Gasteiger charge is -2.31. The number of anilines is 1. The van der Waals surface area contributed by atoms with Crippen molar-refractivity contribution in [3.8, 4) is 11.5 Å². The van der Waals surface area contributed by atoms with Gasteiger partial charge in [0.1, 0.15) is 16.9 Å². The Morgan fingerprint density at radius 3 is 1.72 bits per heavy atom. The largest absolute Gasteiger partial charge is 0.507 e. The summed E-state index contributed by atoms with van der Waals surface area (Å²) in [5.41, 5.74) is 8.37. The first-order valence-corrected chi connectivity index (χ1v) is 12.2. The molecule has 0 saturated heterocycles. The van der Waals surface area contributed by atoms with Gasteiger partial charge in [-0.25, -0.2) is 0 Å². The molecule has 0 saturated carbocycles. The van der Waals surface area contributed by atoms with Gasteiger partial charge < -0.3 is 15.5 Å². The van der Waals surface area contributed by atoms with Gasteiger partial charge in [-0.3, -0.25) is 4.79 Å². The Hall–Kier alpha value is -4.05. The van der Waals surface area contributed by atoms with Gasteiger partial charge in [-0.05, 0) is 85.5 Å². The van der Waals surface area contributed by atoms with Crippen LogP contribution in [0.15, 0.2) is 66.7 Å². The molecule has 182 valence electrons. The van der Waals surface area contributed by atoms with Gasteiger partial charge in [-0.15, -0.1) is 0 Å². The number of aromatic hydroxyl groups is 2. The van der Waals surface area contributed by atoms with Gasteiger partial charge in [0.05, 0.1) is 0 Å². The molecule has 0 aromatic heterocycles. The summed E-state index contributed by atoms with van der Waals surface area (Å²) in [7, 11) is 0. The molecule has 1 aliphatic heterocycles. The summed E-state index contributed by atoms with van der Waals surface area (Å²) >= 11 is 0. The van der Waals surface area contributed by atoms with E-state index in [0.29, 0.717) is 6.42 Å². The van der Waals surface area contributed by atoms with Crippen LogP contribution in [0, 0.1) is 34.6 Å². The van der Waals surface area contributed by atoms with Crippen LogP contribution in [0.3, 0.4) is 0 Å². The molecular formula is C32H31NO3. The maximum absolute atomic E-state index is 14.2. The second kappa shape index (κ2) is 8.56. The molecule has 4 nitrogen and oxygen atoms in total. The highest BCUT2D eigenvalue weighted by Crippen LogP contribution is 2.51. The molecule has 1 aliphatic rings. The third-order valence-corrected chi connectivity index (χ3v) is 7.43. The molecule has 0 radical (unpaired) electrons. The van der Waals surface area contributed by atoms with Crippen LogP contribution < -0.4 is 5.32 Å². The average molecular weight is 478 g/mol. The van der Waals surface area contributed by atoms with Crippen molar-refractivity contribution in [3.05, 3.63) is 122 Å². The van der Waals surface area contributed by atoms with E-state index in [1.807, 2.05) is 70.2 Å². The molecule has 4 aromatic rings. The fraction of sp³-hybridized carbons (Fsp3) is 0.219. The number of rotatable bonds is 4. The molecule has 36 heavy (non-hydrogen) atoms. The highest BCUT2D eigenvalue weighted by molar-refractivity contribution is 6.12. The summed E-state index contributed by atoms with van der Waals surface area (Å²) in [5.74, 6) is 0.339. The Balaban J connectivity index is 1.85. The van der Waals surface area contributed by atoms with E-state index in [4.69, 9.17) is 0 Å². The van der Waals surface area contributed by atoms with E-state index in [-0.39, 0.29) is 17.4 Å². The lowest BCUT2D eigenvalue weighted by Crippen LogP contribution is -2.37. The summed E-state index contributed by atoms with van der Waals surface area (Å²) < 4.78 is 0. The highest BCUT2D eigenvalue weighted by atomic mass is 16.3. The summed E-state index contributed by atoms with van der Waals surface area (Å²) in [4.78, 5) is 14.2. The van der Waals surface area contributed by atoms with Crippen LogP contribution in [0.25, 0.3) is 0 Å². The molecule has 0 atom stereocenters. The summed E-state index contributed by atoms with van der Waals surface area (Å²) in [6.45, 7) is 9.49. The second-order valence-electron chi connectivity index (χ2n) is 10.1. The number of phenols is 2. The first-order valence-electron chi connectivity index (χ1n) is 12.2. The number of fused-ring (bicyclic) bond motifs is 1. The fourth-order valence-corrected chi connectivity index (χ4v) is 5.67. The Bertz CT molecular complexity index is 1410. The minimum Gasteiger partial charge on any atom is -0.507 e. The van der Waals surface area contributed by atoms with Crippen molar-refractivity contribution in [3.63, 3.8) is 0 Å². The number of phenolic OH excluding ortho intramolecular Hbond substituents is 2. The van der Waals surface area contributed by atoms with Gasteiger partial charge >= 0.3 is 0 Å². The minimum atomic E-state index is -1.13. The van der Waals surface area contributed by atoms with Crippen LogP contribution in [0.2, 0.25) is 0 Å². The van der Waals surface area contributed by atoms with E-state index in [0.717, 1.165) is 55.8 Å². The van der Waals surface area contributed by atoms with Crippen molar-refractivity contribution < 1.29 is 15.0 Å². The normalized spacial score (nSPS) is 14.0. The number of nitrogens with one attached hydrogen (secondary N) is 1. The lowest BCUT2D eigenvalue weighted by molar-refractivity contribution is -0.118. The lowest BCUT2D eigenvalue weighted by atomic mass is 9.68. The Morgan fingerprint density at radius 1 is 0.722 bits per heavy atom. The molecule has 0 fully saturated rings. The van der Waals surface area contributed by atoms with Crippen molar-refractivity contribution in [2.24, 2.45) is 0 Å². The van der Waals surface area contributed by atoms with Gasteiger partial charge in [-0.1, -0.05) is 72.3 Å². The summed E-state index contributed by atoms with van der Waals surface area (Å²) in [6.07, 6.45) is 0.697. The van der Waals surface area contributed by atoms with Crippen LogP contribution in [0.4, 0.5) is 5.69 Å².